The predicted molar refractivity (Wildman–Crippen MR) is 63.3 cm³/mol. The standard InChI is InChI=1S/C12H16N2O4/c15-6-11-2-1-3-12(5-11,18-7-11)8-4-13-10(17)14-9(8)16/h4,15H,1-3,5-7H2,(H2,13,14,16,17)/t11-,12+/m1/s1. The number of rotatable bonds is 2. The third kappa shape index (κ3) is 1.56. The molecule has 0 unspecified atom stereocenters. The zero-order chi connectivity index (χ0) is 12.8. The van der Waals surface area contributed by atoms with Crippen LogP contribution in [0.3, 0.4) is 0 Å². The summed E-state index contributed by atoms with van der Waals surface area (Å²) in [5, 5.41) is 9.52. The average molecular weight is 252 g/mol. The van der Waals surface area contributed by atoms with Crippen molar-refractivity contribution < 1.29 is 9.84 Å². The van der Waals surface area contributed by atoms with Crippen LogP contribution in [-0.4, -0.2) is 28.3 Å². The molecule has 2 fully saturated rings. The first-order chi connectivity index (χ1) is 8.59. The lowest BCUT2D eigenvalue weighted by atomic mass is 9.69. The lowest BCUT2D eigenvalue weighted by Gasteiger charge is -2.35. The Morgan fingerprint density at radius 1 is 1.39 bits per heavy atom. The SMILES string of the molecule is O=c1[nH]cc([C@@]23CCC[C@@](CO)(CO2)C3)c(=O)[nH]1. The van der Waals surface area contributed by atoms with Gasteiger partial charge in [0.1, 0.15) is 5.60 Å². The van der Waals surface area contributed by atoms with Gasteiger partial charge in [0, 0.05) is 11.6 Å². The Bertz CT molecular complexity index is 578. The highest BCUT2D eigenvalue weighted by Gasteiger charge is 2.53. The van der Waals surface area contributed by atoms with Crippen LogP contribution in [0.5, 0.6) is 0 Å². The Morgan fingerprint density at radius 2 is 2.22 bits per heavy atom. The molecule has 0 spiro atoms. The van der Waals surface area contributed by atoms with Crippen LogP contribution in [-0.2, 0) is 10.3 Å². The molecule has 3 N–H and O–H groups in total. The number of aliphatic hydroxyl groups excluding tert-OH is 1. The largest absolute Gasteiger partial charge is 0.396 e. The zero-order valence-electron chi connectivity index (χ0n) is 9.99. The van der Waals surface area contributed by atoms with Crippen molar-refractivity contribution in [1.29, 1.82) is 0 Å². The molecule has 2 bridgehead atoms. The normalized spacial score (nSPS) is 34.7. The molecule has 1 saturated heterocycles. The van der Waals surface area contributed by atoms with Gasteiger partial charge in [-0.3, -0.25) is 9.78 Å². The van der Waals surface area contributed by atoms with Crippen LogP contribution in [0.15, 0.2) is 15.8 Å². The molecule has 1 saturated carbocycles. The molecule has 6 nitrogen and oxygen atoms in total. The molecule has 1 aliphatic carbocycles. The van der Waals surface area contributed by atoms with Crippen molar-refractivity contribution in [2.75, 3.05) is 13.2 Å². The number of hydrogen-bond acceptors (Lipinski definition) is 4. The lowest BCUT2D eigenvalue weighted by Crippen LogP contribution is -2.39. The molecule has 0 aromatic carbocycles. The second kappa shape index (κ2) is 3.80. The highest BCUT2D eigenvalue weighted by molar-refractivity contribution is 5.20. The third-order valence-electron chi connectivity index (χ3n) is 4.25. The zero-order valence-corrected chi connectivity index (χ0v) is 9.99. The topological polar surface area (TPSA) is 95.2 Å². The minimum Gasteiger partial charge on any atom is -0.396 e. The van der Waals surface area contributed by atoms with Crippen LogP contribution >= 0.6 is 0 Å². The predicted octanol–water partition coefficient (Wildman–Crippen LogP) is -0.159. The molecular weight excluding hydrogens is 236 g/mol. The molecular formula is C12H16N2O4. The van der Waals surface area contributed by atoms with Gasteiger partial charge in [-0.2, -0.15) is 0 Å². The minimum atomic E-state index is -0.640. The van der Waals surface area contributed by atoms with Gasteiger partial charge in [-0.05, 0) is 25.7 Å². The van der Waals surface area contributed by atoms with Gasteiger partial charge in [-0.15, -0.1) is 0 Å². The highest BCUT2D eigenvalue weighted by Crippen LogP contribution is 2.53. The summed E-state index contributed by atoms with van der Waals surface area (Å²) < 4.78 is 5.86. The monoisotopic (exact) mass is 252 g/mol. The summed E-state index contributed by atoms with van der Waals surface area (Å²) in [5.41, 5.74) is -1.30. The van der Waals surface area contributed by atoms with Crippen molar-refractivity contribution in [2.24, 2.45) is 5.41 Å². The van der Waals surface area contributed by atoms with Crippen LogP contribution in [0.1, 0.15) is 31.2 Å². The fourth-order valence-electron chi connectivity index (χ4n) is 3.31. The second-order valence-corrected chi connectivity index (χ2v) is 5.46. The quantitative estimate of drug-likeness (QED) is 0.681. The molecule has 2 heterocycles. The molecule has 6 heteroatoms. The Hall–Kier alpha value is -1.40. The summed E-state index contributed by atoms with van der Waals surface area (Å²) in [7, 11) is 0. The average Bonchev–Trinajstić information content (AvgIpc) is 2.62. The molecule has 3 rings (SSSR count). The molecule has 0 radical (unpaired) electrons. The van der Waals surface area contributed by atoms with Gasteiger partial charge in [-0.1, -0.05) is 0 Å². The molecule has 0 amide bonds. The van der Waals surface area contributed by atoms with Crippen LogP contribution in [0.4, 0.5) is 0 Å². The van der Waals surface area contributed by atoms with Gasteiger partial charge in [0.2, 0.25) is 0 Å². The molecule has 1 aromatic heterocycles. The van der Waals surface area contributed by atoms with E-state index in [0.29, 0.717) is 18.6 Å². The number of H-pyrrole nitrogens is 2. The Labute approximate surface area is 103 Å². The van der Waals surface area contributed by atoms with E-state index < -0.39 is 16.9 Å². The van der Waals surface area contributed by atoms with Crippen molar-refractivity contribution in [3.05, 3.63) is 32.6 Å². The maximum atomic E-state index is 11.9. The van der Waals surface area contributed by atoms with Gasteiger partial charge >= 0.3 is 5.69 Å². The van der Waals surface area contributed by atoms with Crippen LogP contribution in [0.2, 0.25) is 0 Å². The number of ether oxygens (including phenoxy) is 1. The molecule has 98 valence electrons. The van der Waals surface area contributed by atoms with Gasteiger partial charge < -0.3 is 14.8 Å². The van der Waals surface area contributed by atoms with E-state index in [4.69, 9.17) is 4.74 Å². The molecule has 1 aromatic rings. The van der Waals surface area contributed by atoms with Crippen molar-refractivity contribution in [1.82, 2.24) is 9.97 Å². The smallest absolute Gasteiger partial charge is 0.325 e. The van der Waals surface area contributed by atoms with E-state index in [0.717, 1.165) is 19.3 Å². The van der Waals surface area contributed by atoms with Crippen LogP contribution < -0.4 is 11.2 Å². The van der Waals surface area contributed by atoms with Crippen molar-refractivity contribution >= 4 is 0 Å². The fourth-order valence-corrected chi connectivity index (χ4v) is 3.31. The summed E-state index contributed by atoms with van der Waals surface area (Å²) in [6.07, 6.45) is 4.68. The van der Waals surface area contributed by atoms with Crippen molar-refractivity contribution in [3.8, 4) is 0 Å². The van der Waals surface area contributed by atoms with Crippen LogP contribution in [0.25, 0.3) is 0 Å². The van der Waals surface area contributed by atoms with E-state index in [1.54, 1.807) is 0 Å². The van der Waals surface area contributed by atoms with E-state index in [9.17, 15) is 14.7 Å². The van der Waals surface area contributed by atoms with Gasteiger partial charge in [0.15, 0.2) is 0 Å². The fraction of sp³-hybridized carbons (Fsp3) is 0.667. The first-order valence-electron chi connectivity index (χ1n) is 6.17. The Balaban J connectivity index is 2.06. The minimum absolute atomic E-state index is 0.0794. The summed E-state index contributed by atoms with van der Waals surface area (Å²) >= 11 is 0. The number of fused-ring (bicyclic) bond motifs is 2. The summed E-state index contributed by atoms with van der Waals surface area (Å²) in [4.78, 5) is 27.7. The van der Waals surface area contributed by atoms with Gasteiger partial charge in [0.05, 0.1) is 18.8 Å². The third-order valence-corrected chi connectivity index (χ3v) is 4.25. The maximum Gasteiger partial charge on any atom is 0.325 e. The molecule has 2 aliphatic rings. The summed E-state index contributed by atoms with van der Waals surface area (Å²) in [6, 6.07) is 0. The van der Waals surface area contributed by atoms with Crippen molar-refractivity contribution in [2.45, 2.75) is 31.3 Å². The first kappa shape index (κ1) is 11.7. The summed E-state index contributed by atoms with van der Waals surface area (Å²) in [5.74, 6) is 0. The number of aliphatic hydroxyl groups is 1. The number of nitrogens with one attached hydrogen (secondary N) is 2. The molecule has 1 aliphatic heterocycles. The number of hydrogen-bond donors (Lipinski definition) is 3. The van der Waals surface area contributed by atoms with E-state index >= 15 is 0 Å². The lowest BCUT2D eigenvalue weighted by molar-refractivity contribution is -0.00764. The van der Waals surface area contributed by atoms with E-state index in [2.05, 4.69) is 9.97 Å². The number of aromatic nitrogens is 2. The van der Waals surface area contributed by atoms with Gasteiger partial charge in [-0.25, -0.2) is 4.79 Å². The van der Waals surface area contributed by atoms with E-state index in [-0.39, 0.29) is 12.0 Å². The molecule has 18 heavy (non-hydrogen) atoms. The summed E-state index contributed by atoms with van der Waals surface area (Å²) in [6.45, 7) is 0.554. The maximum absolute atomic E-state index is 11.9. The highest BCUT2D eigenvalue weighted by atomic mass is 16.5. The molecule has 2 atom stereocenters. The van der Waals surface area contributed by atoms with Crippen LogP contribution in [0, 0.1) is 5.41 Å². The van der Waals surface area contributed by atoms with E-state index in [1.165, 1.54) is 6.20 Å². The second-order valence-electron chi connectivity index (χ2n) is 5.46. The Kier molecular flexibility index (Phi) is 2.46. The van der Waals surface area contributed by atoms with Crippen molar-refractivity contribution in [3.63, 3.8) is 0 Å². The van der Waals surface area contributed by atoms with Gasteiger partial charge in [0.25, 0.3) is 5.56 Å². The Morgan fingerprint density at radius 3 is 2.94 bits per heavy atom. The number of aromatic amines is 2. The first-order valence-corrected chi connectivity index (χ1v) is 6.17. The van der Waals surface area contributed by atoms with E-state index in [1.807, 2.05) is 0 Å².